The molecule has 0 aliphatic rings. The highest BCUT2D eigenvalue weighted by Crippen LogP contribution is 2.29. The molecule has 0 bridgehead atoms. The van der Waals surface area contributed by atoms with Crippen LogP contribution in [0.1, 0.15) is 26.9 Å². The molecule has 0 aliphatic heterocycles. The molecule has 0 saturated heterocycles. The van der Waals surface area contributed by atoms with E-state index in [1.54, 1.807) is 37.4 Å². The van der Waals surface area contributed by atoms with Crippen LogP contribution in [0.25, 0.3) is 10.1 Å². The lowest BCUT2D eigenvalue weighted by Gasteiger charge is -2.15. The fourth-order valence-corrected chi connectivity index (χ4v) is 4.18. The van der Waals surface area contributed by atoms with Gasteiger partial charge in [0.1, 0.15) is 6.10 Å². The fourth-order valence-electron chi connectivity index (χ4n) is 3.12. The maximum Gasteiger partial charge on any atom is 0.253 e. The number of guanidine groups is 1. The molecule has 1 unspecified atom stereocenters. The highest BCUT2D eigenvalue weighted by Gasteiger charge is 2.12. The number of aliphatic hydroxyl groups is 1. The zero-order valence-electron chi connectivity index (χ0n) is 17.6. The number of carbonyl (C=O) groups is 1. The van der Waals surface area contributed by atoms with Crippen LogP contribution in [0.4, 0.5) is 0 Å². The standard InChI is InChI=1S/C23H28N4O2S/c1-24-23(25-12-11-16-7-6-9-18(13-16)22(29)27(2)3)26-15-19(28)21-14-17-8-4-5-10-20(17)30-21/h4-10,13-14,19,28H,11-12,15H2,1-3H3,(H2,24,25,26). The summed E-state index contributed by atoms with van der Waals surface area (Å²) in [5, 5.41) is 18.1. The first-order valence-electron chi connectivity index (χ1n) is 9.89. The lowest BCUT2D eigenvalue weighted by molar-refractivity contribution is 0.0827. The minimum Gasteiger partial charge on any atom is -0.386 e. The maximum atomic E-state index is 12.1. The van der Waals surface area contributed by atoms with Gasteiger partial charge in [0.25, 0.3) is 5.91 Å². The van der Waals surface area contributed by atoms with Crippen molar-refractivity contribution < 1.29 is 9.90 Å². The number of rotatable bonds is 7. The Morgan fingerprint density at radius 3 is 2.67 bits per heavy atom. The lowest BCUT2D eigenvalue weighted by atomic mass is 10.1. The number of nitrogens with one attached hydrogen (secondary N) is 2. The molecule has 1 atom stereocenters. The molecule has 1 heterocycles. The number of hydrogen-bond acceptors (Lipinski definition) is 4. The number of aliphatic hydroxyl groups excluding tert-OH is 1. The van der Waals surface area contributed by atoms with Crippen molar-refractivity contribution in [1.29, 1.82) is 0 Å². The van der Waals surface area contributed by atoms with E-state index in [0.29, 0.717) is 24.6 Å². The Balaban J connectivity index is 1.49. The van der Waals surface area contributed by atoms with Gasteiger partial charge in [0.2, 0.25) is 0 Å². The summed E-state index contributed by atoms with van der Waals surface area (Å²) in [6, 6.07) is 17.8. The van der Waals surface area contributed by atoms with E-state index in [2.05, 4.69) is 27.8 Å². The van der Waals surface area contributed by atoms with Crippen molar-refractivity contribution in [2.75, 3.05) is 34.2 Å². The number of hydrogen-bond donors (Lipinski definition) is 3. The van der Waals surface area contributed by atoms with Gasteiger partial charge in [-0.1, -0.05) is 30.3 Å². The molecule has 7 heteroatoms. The molecule has 3 N–H and O–H groups in total. The largest absolute Gasteiger partial charge is 0.386 e. The molecule has 0 saturated carbocycles. The third-order valence-corrected chi connectivity index (χ3v) is 5.96. The summed E-state index contributed by atoms with van der Waals surface area (Å²) in [7, 11) is 5.20. The van der Waals surface area contributed by atoms with Crippen LogP contribution in [0.15, 0.2) is 59.6 Å². The van der Waals surface area contributed by atoms with Gasteiger partial charge in [-0.3, -0.25) is 9.79 Å². The van der Waals surface area contributed by atoms with Crippen molar-refractivity contribution in [2.24, 2.45) is 4.99 Å². The van der Waals surface area contributed by atoms with E-state index in [-0.39, 0.29) is 5.91 Å². The molecule has 30 heavy (non-hydrogen) atoms. The second-order valence-electron chi connectivity index (χ2n) is 7.23. The Morgan fingerprint density at radius 1 is 1.13 bits per heavy atom. The SMILES string of the molecule is CN=C(NCCc1cccc(C(=O)N(C)C)c1)NCC(O)c1cc2ccccc2s1. The molecule has 0 aliphatic carbocycles. The fraction of sp³-hybridized carbons (Fsp3) is 0.304. The van der Waals surface area contributed by atoms with E-state index < -0.39 is 6.10 Å². The second-order valence-corrected chi connectivity index (χ2v) is 8.35. The van der Waals surface area contributed by atoms with Crippen LogP contribution < -0.4 is 10.6 Å². The topological polar surface area (TPSA) is 77.0 Å². The maximum absolute atomic E-state index is 12.1. The second kappa shape index (κ2) is 10.2. The first-order chi connectivity index (χ1) is 14.5. The van der Waals surface area contributed by atoms with Crippen LogP contribution in [-0.4, -0.2) is 56.1 Å². The third-order valence-electron chi connectivity index (χ3n) is 4.75. The van der Waals surface area contributed by atoms with Crippen LogP contribution in [0.3, 0.4) is 0 Å². The van der Waals surface area contributed by atoms with Crippen LogP contribution in [0.2, 0.25) is 0 Å². The van der Waals surface area contributed by atoms with Gasteiger partial charge >= 0.3 is 0 Å². The smallest absolute Gasteiger partial charge is 0.253 e. The van der Waals surface area contributed by atoms with Gasteiger partial charge < -0.3 is 20.6 Å². The van der Waals surface area contributed by atoms with E-state index in [9.17, 15) is 9.90 Å². The molecule has 158 valence electrons. The number of carbonyl (C=O) groups excluding carboxylic acids is 1. The first kappa shape index (κ1) is 21.8. The van der Waals surface area contributed by atoms with Crippen LogP contribution in [-0.2, 0) is 6.42 Å². The Kier molecular flexibility index (Phi) is 7.43. The summed E-state index contributed by atoms with van der Waals surface area (Å²) < 4.78 is 1.17. The van der Waals surface area contributed by atoms with Gasteiger partial charge in [-0.15, -0.1) is 11.3 Å². The summed E-state index contributed by atoms with van der Waals surface area (Å²) in [4.78, 5) is 18.8. The third kappa shape index (κ3) is 5.58. The van der Waals surface area contributed by atoms with Gasteiger partial charge in [0.15, 0.2) is 5.96 Å². The molecule has 0 spiro atoms. The van der Waals surface area contributed by atoms with Crippen molar-refractivity contribution in [1.82, 2.24) is 15.5 Å². The Hall–Kier alpha value is -2.90. The molecule has 2 aromatic carbocycles. The van der Waals surface area contributed by atoms with E-state index in [0.717, 1.165) is 22.2 Å². The van der Waals surface area contributed by atoms with Crippen LogP contribution >= 0.6 is 11.3 Å². The van der Waals surface area contributed by atoms with Crippen molar-refractivity contribution in [2.45, 2.75) is 12.5 Å². The number of fused-ring (bicyclic) bond motifs is 1. The lowest BCUT2D eigenvalue weighted by Crippen LogP contribution is -2.40. The van der Waals surface area contributed by atoms with E-state index in [4.69, 9.17) is 0 Å². The predicted molar refractivity (Wildman–Crippen MR) is 124 cm³/mol. The quantitative estimate of drug-likeness (QED) is 0.402. The van der Waals surface area contributed by atoms with Crippen molar-refractivity contribution in [3.63, 3.8) is 0 Å². The number of thiophene rings is 1. The molecular formula is C23H28N4O2S. The minimum atomic E-state index is -0.602. The normalized spacial score (nSPS) is 12.6. The van der Waals surface area contributed by atoms with Gasteiger partial charge in [-0.2, -0.15) is 0 Å². The van der Waals surface area contributed by atoms with E-state index in [1.807, 2.05) is 42.5 Å². The minimum absolute atomic E-state index is 0.00230. The summed E-state index contributed by atoms with van der Waals surface area (Å²) in [5.74, 6) is 0.633. The molecular weight excluding hydrogens is 396 g/mol. The molecule has 3 rings (SSSR count). The summed E-state index contributed by atoms with van der Waals surface area (Å²) >= 11 is 1.60. The predicted octanol–water partition coefficient (Wildman–Crippen LogP) is 3.04. The van der Waals surface area contributed by atoms with E-state index >= 15 is 0 Å². The average Bonchev–Trinajstić information content (AvgIpc) is 3.20. The summed E-state index contributed by atoms with van der Waals surface area (Å²) in [6.07, 6.45) is 0.156. The Morgan fingerprint density at radius 2 is 1.93 bits per heavy atom. The monoisotopic (exact) mass is 424 g/mol. The molecule has 3 aromatic rings. The van der Waals surface area contributed by atoms with Gasteiger partial charge in [-0.05, 0) is 41.6 Å². The number of aliphatic imine (C=N–C) groups is 1. The van der Waals surface area contributed by atoms with Crippen LogP contribution in [0, 0.1) is 0 Å². The highest BCUT2D eigenvalue weighted by atomic mass is 32.1. The number of nitrogens with zero attached hydrogens (tertiary/aromatic N) is 2. The molecule has 1 amide bonds. The highest BCUT2D eigenvalue weighted by molar-refractivity contribution is 7.19. The zero-order valence-corrected chi connectivity index (χ0v) is 18.4. The van der Waals surface area contributed by atoms with Gasteiger partial charge in [-0.25, -0.2) is 0 Å². The molecule has 0 fully saturated rings. The summed E-state index contributed by atoms with van der Waals surface area (Å²) in [5.41, 5.74) is 1.77. The summed E-state index contributed by atoms with van der Waals surface area (Å²) in [6.45, 7) is 1.04. The first-order valence-corrected chi connectivity index (χ1v) is 10.7. The van der Waals surface area contributed by atoms with Gasteiger partial charge in [0, 0.05) is 49.4 Å². The van der Waals surface area contributed by atoms with Gasteiger partial charge in [0.05, 0.1) is 0 Å². The zero-order chi connectivity index (χ0) is 21.5. The number of amides is 1. The van der Waals surface area contributed by atoms with Crippen molar-refractivity contribution in [3.05, 3.63) is 70.6 Å². The van der Waals surface area contributed by atoms with Crippen LogP contribution in [0.5, 0.6) is 0 Å². The van der Waals surface area contributed by atoms with E-state index in [1.165, 1.54) is 4.70 Å². The van der Waals surface area contributed by atoms with Crippen molar-refractivity contribution >= 4 is 33.3 Å². The average molecular weight is 425 g/mol. The molecule has 6 nitrogen and oxygen atoms in total. The Bertz CT molecular complexity index is 996. The van der Waals surface area contributed by atoms with Crippen molar-refractivity contribution in [3.8, 4) is 0 Å². The number of benzene rings is 2. The Labute approximate surface area is 181 Å². The molecule has 1 aromatic heterocycles. The molecule has 0 radical (unpaired) electrons.